The van der Waals surface area contributed by atoms with Crippen molar-refractivity contribution < 1.29 is 22.4 Å². The quantitative estimate of drug-likeness (QED) is 0.257. The highest BCUT2D eigenvalue weighted by Gasteiger charge is 2.35. The average Bonchev–Trinajstić information content (AvgIpc) is 3.27. The van der Waals surface area contributed by atoms with E-state index in [1.807, 2.05) is 0 Å². The molecule has 35 heavy (non-hydrogen) atoms. The normalized spacial score (nSPS) is 11.7. The van der Waals surface area contributed by atoms with Crippen LogP contribution in [-0.2, 0) is 6.18 Å². The van der Waals surface area contributed by atoms with E-state index in [4.69, 9.17) is 0 Å². The molecule has 0 bridgehead atoms. The molecule has 9 heteroatoms. The van der Waals surface area contributed by atoms with Crippen LogP contribution in [0, 0.1) is 5.82 Å². The smallest absolute Gasteiger partial charge is 0.394 e. The highest BCUT2D eigenvalue weighted by molar-refractivity contribution is 6.06. The number of benzene rings is 2. The van der Waals surface area contributed by atoms with E-state index in [2.05, 4.69) is 22.2 Å². The predicted octanol–water partition coefficient (Wildman–Crippen LogP) is 6.16. The number of nitrogens with zero attached hydrogens (tertiary/aromatic N) is 2. The molecule has 0 unspecified atom stereocenters. The third-order valence-corrected chi connectivity index (χ3v) is 5.29. The van der Waals surface area contributed by atoms with E-state index in [0.29, 0.717) is 28.0 Å². The van der Waals surface area contributed by atoms with E-state index < -0.39 is 29.0 Å². The minimum absolute atomic E-state index is 0.172. The van der Waals surface area contributed by atoms with Gasteiger partial charge >= 0.3 is 6.18 Å². The summed E-state index contributed by atoms with van der Waals surface area (Å²) in [6.45, 7) is 4.00. The van der Waals surface area contributed by atoms with E-state index in [0.717, 1.165) is 18.2 Å². The number of alkyl halides is 3. The first-order chi connectivity index (χ1) is 16.7. The third kappa shape index (κ3) is 4.93. The number of nitrogens with one attached hydrogen (secondary N) is 2. The summed E-state index contributed by atoms with van der Waals surface area (Å²) in [7, 11) is 1.75. The van der Waals surface area contributed by atoms with Gasteiger partial charge in [0.15, 0.2) is 0 Å². The number of allylic oxidation sites excluding steroid dienone is 2. The van der Waals surface area contributed by atoms with Crippen molar-refractivity contribution in [1.82, 2.24) is 14.7 Å². The molecule has 1 amide bonds. The highest BCUT2D eigenvalue weighted by atomic mass is 19.4. The zero-order valence-corrected chi connectivity index (χ0v) is 18.5. The number of pyridine rings is 1. The molecule has 2 aromatic heterocycles. The van der Waals surface area contributed by atoms with Crippen molar-refractivity contribution in [1.29, 1.82) is 0 Å². The number of halogens is 4. The highest BCUT2D eigenvalue weighted by Crippen LogP contribution is 2.36. The lowest BCUT2D eigenvalue weighted by Gasteiger charge is -2.15. The van der Waals surface area contributed by atoms with Crippen LogP contribution >= 0.6 is 0 Å². The second-order valence-electron chi connectivity index (χ2n) is 7.63. The van der Waals surface area contributed by atoms with Gasteiger partial charge in [-0.15, -0.1) is 0 Å². The molecule has 0 aliphatic carbocycles. The summed E-state index contributed by atoms with van der Waals surface area (Å²) in [6, 6.07) is 11.6. The number of fused-ring (bicyclic) bond motifs is 1. The van der Waals surface area contributed by atoms with Gasteiger partial charge in [0.25, 0.3) is 5.91 Å². The fourth-order valence-corrected chi connectivity index (χ4v) is 3.64. The number of hydrogen-bond acceptors (Lipinski definition) is 3. The Morgan fingerprint density at radius 2 is 1.86 bits per heavy atom. The Morgan fingerprint density at radius 3 is 2.54 bits per heavy atom. The van der Waals surface area contributed by atoms with Crippen LogP contribution in [0.3, 0.4) is 0 Å². The van der Waals surface area contributed by atoms with Gasteiger partial charge < -0.3 is 10.6 Å². The van der Waals surface area contributed by atoms with E-state index >= 15 is 0 Å². The van der Waals surface area contributed by atoms with Crippen molar-refractivity contribution in [2.75, 3.05) is 12.4 Å². The Balaban J connectivity index is 1.79. The Labute approximate surface area is 198 Å². The van der Waals surface area contributed by atoms with E-state index in [-0.39, 0.29) is 5.69 Å². The molecule has 2 N–H and O–H groups in total. The van der Waals surface area contributed by atoms with Crippen LogP contribution in [0.25, 0.3) is 22.2 Å². The summed E-state index contributed by atoms with van der Waals surface area (Å²) in [6.07, 6.45) is 2.07. The first-order valence-corrected chi connectivity index (χ1v) is 10.5. The Kier molecular flexibility index (Phi) is 6.42. The Morgan fingerprint density at radius 1 is 1.11 bits per heavy atom. The molecule has 0 saturated carbocycles. The second kappa shape index (κ2) is 9.46. The molecule has 0 aliphatic heterocycles. The van der Waals surface area contributed by atoms with Gasteiger partial charge in [0.05, 0.1) is 22.8 Å². The summed E-state index contributed by atoms with van der Waals surface area (Å²) in [4.78, 5) is 17.3. The Bertz CT molecular complexity index is 1440. The van der Waals surface area contributed by atoms with Crippen LogP contribution in [0.1, 0.15) is 21.7 Å². The molecule has 4 aromatic rings. The topological polar surface area (TPSA) is 58.4 Å². The first kappa shape index (κ1) is 23.7. The molecule has 4 rings (SSSR count). The molecule has 0 aliphatic rings. The monoisotopic (exact) mass is 480 g/mol. The zero-order chi connectivity index (χ0) is 25.2. The second-order valence-corrected chi connectivity index (χ2v) is 7.63. The summed E-state index contributed by atoms with van der Waals surface area (Å²) in [5.41, 5.74) is 0.784. The largest absolute Gasteiger partial charge is 0.417 e. The van der Waals surface area contributed by atoms with Crippen molar-refractivity contribution in [2.45, 2.75) is 6.18 Å². The molecule has 0 atom stereocenters. The first-order valence-electron chi connectivity index (χ1n) is 10.5. The molecule has 0 radical (unpaired) electrons. The molecule has 0 fully saturated rings. The maximum absolute atomic E-state index is 13.7. The number of carbonyl (C=O) groups is 1. The number of anilines is 1. The van der Waals surface area contributed by atoms with Crippen LogP contribution in [0.4, 0.5) is 23.2 Å². The molecular weight excluding hydrogens is 460 g/mol. The van der Waals surface area contributed by atoms with Gasteiger partial charge in [-0.2, -0.15) is 13.2 Å². The van der Waals surface area contributed by atoms with E-state index in [1.165, 1.54) is 24.3 Å². The van der Waals surface area contributed by atoms with Gasteiger partial charge in [-0.05, 0) is 60.3 Å². The van der Waals surface area contributed by atoms with Crippen LogP contribution in [-0.4, -0.2) is 22.3 Å². The van der Waals surface area contributed by atoms with Gasteiger partial charge in [-0.3, -0.25) is 9.20 Å². The molecular formula is C26H20F4N4O. The van der Waals surface area contributed by atoms with Crippen molar-refractivity contribution in [3.63, 3.8) is 0 Å². The molecule has 5 nitrogen and oxygen atoms in total. The molecule has 2 aromatic carbocycles. The predicted molar refractivity (Wildman–Crippen MR) is 127 cm³/mol. The zero-order valence-electron chi connectivity index (χ0n) is 18.5. The van der Waals surface area contributed by atoms with Gasteiger partial charge in [0.1, 0.15) is 11.6 Å². The lowest BCUT2D eigenvalue weighted by Crippen LogP contribution is -2.19. The molecule has 2 heterocycles. The standard InChI is InChI=1S/C26H20F4N4O/c1-16(11-12-31-2)24-32-15-23-20(4-3-13-34(23)24)17-5-10-22(26(28,29)30)21(14-17)25(35)33-19-8-6-18(27)7-9-19/h3-15,31H,1H2,2H3,(H,33,35)/b12-11-. The fourth-order valence-electron chi connectivity index (χ4n) is 3.64. The van der Waals surface area contributed by atoms with Crippen molar-refractivity contribution in [2.24, 2.45) is 0 Å². The maximum Gasteiger partial charge on any atom is 0.417 e. The average molecular weight is 480 g/mol. The lowest BCUT2D eigenvalue weighted by molar-refractivity contribution is -0.137. The number of aromatic nitrogens is 2. The Hall–Kier alpha value is -4.40. The van der Waals surface area contributed by atoms with Crippen LogP contribution in [0.5, 0.6) is 0 Å². The molecule has 178 valence electrons. The summed E-state index contributed by atoms with van der Waals surface area (Å²) in [5.74, 6) is -0.926. The summed E-state index contributed by atoms with van der Waals surface area (Å²) >= 11 is 0. The van der Waals surface area contributed by atoms with E-state index in [1.54, 1.807) is 48.3 Å². The van der Waals surface area contributed by atoms with Crippen molar-refractivity contribution in [3.05, 3.63) is 109 Å². The summed E-state index contributed by atoms with van der Waals surface area (Å²) < 4.78 is 56.1. The van der Waals surface area contributed by atoms with Gasteiger partial charge in [0, 0.05) is 30.1 Å². The lowest BCUT2D eigenvalue weighted by atomic mass is 9.98. The molecule has 0 spiro atoms. The number of carbonyl (C=O) groups excluding carboxylic acids is 1. The number of rotatable bonds is 6. The fraction of sp³-hybridized carbons (Fsp3) is 0.0769. The molecule has 0 saturated heterocycles. The van der Waals surface area contributed by atoms with Crippen LogP contribution < -0.4 is 10.6 Å². The third-order valence-electron chi connectivity index (χ3n) is 5.29. The maximum atomic E-state index is 13.7. The minimum Gasteiger partial charge on any atom is -0.394 e. The van der Waals surface area contributed by atoms with Crippen molar-refractivity contribution in [3.8, 4) is 11.1 Å². The number of imidazole rings is 1. The van der Waals surface area contributed by atoms with E-state index in [9.17, 15) is 22.4 Å². The van der Waals surface area contributed by atoms with Gasteiger partial charge in [0.2, 0.25) is 0 Å². The summed E-state index contributed by atoms with van der Waals surface area (Å²) in [5, 5.41) is 5.28. The van der Waals surface area contributed by atoms with Gasteiger partial charge in [-0.25, -0.2) is 9.37 Å². The number of amides is 1. The minimum atomic E-state index is -4.75. The number of hydrogen-bond donors (Lipinski definition) is 2. The SMILES string of the molecule is C=C(/C=C\NC)c1ncc2c(-c3ccc(C(F)(F)F)c(C(=O)Nc4ccc(F)cc4)c3)cccn12. The van der Waals surface area contributed by atoms with Crippen LogP contribution in [0.15, 0.2) is 85.8 Å². The van der Waals surface area contributed by atoms with Crippen molar-refractivity contribution >= 4 is 22.7 Å². The van der Waals surface area contributed by atoms with Crippen LogP contribution in [0.2, 0.25) is 0 Å². The van der Waals surface area contributed by atoms with Gasteiger partial charge in [-0.1, -0.05) is 18.7 Å².